The van der Waals surface area contributed by atoms with E-state index in [1.807, 2.05) is 26.0 Å². The van der Waals surface area contributed by atoms with Crippen LogP contribution in [0.1, 0.15) is 17.0 Å². The molecule has 1 heterocycles. The summed E-state index contributed by atoms with van der Waals surface area (Å²) in [6.07, 6.45) is 0. The fraction of sp³-hybridized carbons (Fsp3) is 0.200. The van der Waals surface area contributed by atoms with Crippen molar-refractivity contribution in [1.29, 1.82) is 5.26 Å². The van der Waals surface area contributed by atoms with Gasteiger partial charge in [0.25, 0.3) is 0 Å². The van der Waals surface area contributed by atoms with Crippen LogP contribution >= 0.6 is 0 Å². The highest BCUT2D eigenvalue weighted by Gasteiger charge is 2.05. The SMILES string of the molecule is Cc1nc2c(C)c(C#N)ccc2[nH]1. The van der Waals surface area contributed by atoms with Crippen LogP contribution in [0.2, 0.25) is 0 Å². The second-order valence-corrected chi connectivity index (χ2v) is 3.07. The number of H-pyrrole nitrogens is 1. The Balaban J connectivity index is 2.87. The predicted octanol–water partition coefficient (Wildman–Crippen LogP) is 2.05. The molecule has 1 N–H and O–H groups in total. The van der Waals surface area contributed by atoms with Crippen LogP contribution in [-0.2, 0) is 0 Å². The number of benzene rings is 1. The van der Waals surface area contributed by atoms with Gasteiger partial charge in [0, 0.05) is 0 Å². The Morgan fingerprint density at radius 1 is 1.38 bits per heavy atom. The Morgan fingerprint density at radius 2 is 2.15 bits per heavy atom. The first-order valence-corrected chi connectivity index (χ1v) is 4.08. The van der Waals surface area contributed by atoms with E-state index in [9.17, 15) is 0 Å². The molecule has 0 atom stereocenters. The Hall–Kier alpha value is -1.82. The van der Waals surface area contributed by atoms with Crippen LogP contribution in [0.3, 0.4) is 0 Å². The topological polar surface area (TPSA) is 52.5 Å². The first kappa shape index (κ1) is 7.81. The number of aromatic nitrogens is 2. The number of rotatable bonds is 0. The van der Waals surface area contributed by atoms with E-state index in [-0.39, 0.29) is 0 Å². The van der Waals surface area contributed by atoms with Gasteiger partial charge in [0.15, 0.2) is 0 Å². The molecular formula is C10H9N3. The molecule has 1 aromatic carbocycles. The number of fused-ring (bicyclic) bond motifs is 1. The molecule has 1 aromatic heterocycles. The fourth-order valence-corrected chi connectivity index (χ4v) is 1.46. The number of hydrogen-bond acceptors (Lipinski definition) is 2. The Morgan fingerprint density at radius 3 is 2.85 bits per heavy atom. The van der Waals surface area contributed by atoms with E-state index in [2.05, 4.69) is 16.0 Å². The zero-order valence-corrected chi connectivity index (χ0v) is 7.55. The fourth-order valence-electron chi connectivity index (χ4n) is 1.46. The van der Waals surface area contributed by atoms with E-state index in [1.165, 1.54) is 0 Å². The third-order valence-electron chi connectivity index (χ3n) is 2.15. The summed E-state index contributed by atoms with van der Waals surface area (Å²) in [5, 5.41) is 8.80. The van der Waals surface area contributed by atoms with Crippen molar-refractivity contribution in [2.45, 2.75) is 13.8 Å². The molecule has 0 saturated heterocycles. The van der Waals surface area contributed by atoms with Gasteiger partial charge in [-0.15, -0.1) is 0 Å². The summed E-state index contributed by atoms with van der Waals surface area (Å²) in [5.74, 6) is 0.883. The van der Waals surface area contributed by atoms with Gasteiger partial charge in [0.05, 0.1) is 22.7 Å². The van der Waals surface area contributed by atoms with Gasteiger partial charge in [-0.3, -0.25) is 0 Å². The maximum atomic E-state index is 8.80. The van der Waals surface area contributed by atoms with Crippen LogP contribution in [0.5, 0.6) is 0 Å². The Kier molecular flexibility index (Phi) is 1.56. The van der Waals surface area contributed by atoms with Gasteiger partial charge in [-0.2, -0.15) is 5.26 Å². The molecule has 0 aliphatic rings. The molecule has 0 saturated carbocycles. The molecule has 2 rings (SSSR count). The summed E-state index contributed by atoms with van der Waals surface area (Å²) >= 11 is 0. The van der Waals surface area contributed by atoms with Crippen LogP contribution in [0.4, 0.5) is 0 Å². The quantitative estimate of drug-likeness (QED) is 0.659. The largest absolute Gasteiger partial charge is 0.342 e. The average Bonchev–Trinajstić information content (AvgIpc) is 2.47. The lowest BCUT2D eigenvalue weighted by Gasteiger charge is -1.95. The van der Waals surface area contributed by atoms with E-state index in [0.29, 0.717) is 5.56 Å². The lowest BCUT2D eigenvalue weighted by molar-refractivity contribution is 1.17. The molecule has 0 unspecified atom stereocenters. The summed E-state index contributed by atoms with van der Waals surface area (Å²) in [5.41, 5.74) is 3.54. The van der Waals surface area contributed by atoms with Gasteiger partial charge in [0.1, 0.15) is 5.82 Å². The molecule has 0 aliphatic heterocycles. The summed E-state index contributed by atoms with van der Waals surface area (Å²) in [6, 6.07) is 5.85. The number of nitrogens with one attached hydrogen (secondary N) is 1. The molecule has 0 aliphatic carbocycles. The van der Waals surface area contributed by atoms with Crippen molar-refractivity contribution in [2.75, 3.05) is 0 Å². The van der Waals surface area contributed by atoms with Crippen molar-refractivity contribution in [3.05, 3.63) is 29.1 Å². The molecule has 0 spiro atoms. The van der Waals surface area contributed by atoms with Crippen molar-refractivity contribution in [1.82, 2.24) is 9.97 Å². The van der Waals surface area contributed by atoms with E-state index < -0.39 is 0 Å². The van der Waals surface area contributed by atoms with E-state index >= 15 is 0 Å². The third kappa shape index (κ3) is 1.07. The molecule has 0 amide bonds. The van der Waals surface area contributed by atoms with Crippen molar-refractivity contribution < 1.29 is 0 Å². The van der Waals surface area contributed by atoms with Gasteiger partial charge in [-0.1, -0.05) is 0 Å². The summed E-state index contributed by atoms with van der Waals surface area (Å²) < 4.78 is 0. The standard InChI is InChI=1S/C10H9N3/c1-6-8(5-11)3-4-9-10(6)13-7(2)12-9/h3-4H,1-2H3,(H,12,13). The molecule has 0 fully saturated rings. The van der Waals surface area contributed by atoms with Crippen LogP contribution in [0.25, 0.3) is 11.0 Å². The van der Waals surface area contributed by atoms with E-state index in [1.54, 1.807) is 0 Å². The average molecular weight is 171 g/mol. The first-order chi connectivity index (χ1) is 6.22. The molecule has 13 heavy (non-hydrogen) atoms. The maximum absolute atomic E-state index is 8.80. The van der Waals surface area contributed by atoms with Crippen molar-refractivity contribution >= 4 is 11.0 Å². The second-order valence-electron chi connectivity index (χ2n) is 3.07. The summed E-state index contributed by atoms with van der Waals surface area (Å²) in [4.78, 5) is 7.44. The normalized spacial score (nSPS) is 10.2. The number of hydrogen-bond donors (Lipinski definition) is 1. The predicted molar refractivity (Wildman–Crippen MR) is 50.3 cm³/mol. The van der Waals surface area contributed by atoms with Crippen LogP contribution in [0.15, 0.2) is 12.1 Å². The zero-order valence-electron chi connectivity index (χ0n) is 7.55. The minimum absolute atomic E-state index is 0.694. The molecule has 2 aromatic rings. The lowest BCUT2D eigenvalue weighted by atomic mass is 10.1. The van der Waals surface area contributed by atoms with Crippen molar-refractivity contribution in [3.8, 4) is 6.07 Å². The molecule has 3 nitrogen and oxygen atoms in total. The van der Waals surface area contributed by atoms with Gasteiger partial charge >= 0.3 is 0 Å². The van der Waals surface area contributed by atoms with E-state index in [4.69, 9.17) is 5.26 Å². The smallest absolute Gasteiger partial charge is 0.104 e. The Bertz CT molecular complexity index is 503. The van der Waals surface area contributed by atoms with Crippen molar-refractivity contribution in [2.24, 2.45) is 0 Å². The maximum Gasteiger partial charge on any atom is 0.104 e. The van der Waals surface area contributed by atoms with E-state index in [0.717, 1.165) is 22.4 Å². The highest BCUT2D eigenvalue weighted by Crippen LogP contribution is 2.18. The molecule has 3 heteroatoms. The molecule has 64 valence electrons. The summed E-state index contributed by atoms with van der Waals surface area (Å²) in [6.45, 7) is 3.83. The highest BCUT2D eigenvalue weighted by atomic mass is 14.9. The van der Waals surface area contributed by atoms with Gasteiger partial charge in [0.2, 0.25) is 0 Å². The molecular weight excluding hydrogens is 162 g/mol. The second kappa shape index (κ2) is 2.60. The minimum atomic E-state index is 0.694. The lowest BCUT2D eigenvalue weighted by Crippen LogP contribution is -1.83. The number of aryl methyl sites for hydroxylation is 2. The molecule has 0 radical (unpaired) electrons. The highest BCUT2D eigenvalue weighted by molar-refractivity contribution is 5.80. The van der Waals surface area contributed by atoms with Crippen molar-refractivity contribution in [3.63, 3.8) is 0 Å². The number of nitriles is 1. The Labute approximate surface area is 76.0 Å². The van der Waals surface area contributed by atoms with Crippen LogP contribution < -0.4 is 0 Å². The number of aromatic amines is 1. The minimum Gasteiger partial charge on any atom is -0.342 e. The monoisotopic (exact) mass is 171 g/mol. The van der Waals surface area contributed by atoms with Gasteiger partial charge < -0.3 is 4.98 Å². The first-order valence-electron chi connectivity index (χ1n) is 4.08. The number of imidazole rings is 1. The molecule has 0 bridgehead atoms. The van der Waals surface area contributed by atoms with Gasteiger partial charge in [-0.05, 0) is 31.5 Å². The third-order valence-corrected chi connectivity index (χ3v) is 2.15. The number of nitrogens with zero attached hydrogens (tertiary/aromatic N) is 2. The summed E-state index contributed by atoms with van der Waals surface area (Å²) in [7, 11) is 0. The van der Waals surface area contributed by atoms with Crippen LogP contribution in [0, 0.1) is 25.2 Å². The van der Waals surface area contributed by atoms with Gasteiger partial charge in [-0.25, -0.2) is 4.98 Å². The van der Waals surface area contributed by atoms with Crippen LogP contribution in [-0.4, -0.2) is 9.97 Å². The zero-order chi connectivity index (χ0) is 9.42.